The van der Waals surface area contributed by atoms with Crippen molar-refractivity contribution in [3.63, 3.8) is 0 Å². The lowest BCUT2D eigenvalue weighted by Gasteiger charge is -2.42. The number of carbonyl (C=O) groups is 1. The summed E-state index contributed by atoms with van der Waals surface area (Å²) in [7, 11) is 0. The summed E-state index contributed by atoms with van der Waals surface area (Å²) in [4.78, 5) is 16.8. The predicted molar refractivity (Wildman–Crippen MR) is 108 cm³/mol. The highest BCUT2D eigenvalue weighted by atomic mass is 19.4. The zero-order valence-corrected chi connectivity index (χ0v) is 16.4. The summed E-state index contributed by atoms with van der Waals surface area (Å²) in [6, 6.07) is 13.0. The molecule has 0 heterocycles. The molecule has 4 rings (SSSR count). The van der Waals surface area contributed by atoms with E-state index in [1.54, 1.807) is 12.1 Å². The largest absolute Gasteiger partial charge is 0.401 e. The van der Waals surface area contributed by atoms with E-state index in [0.717, 1.165) is 16.7 Å². The Kier molecular flexibility index (Phi) is 4.95. The second kappa shape index (κ2) is 7.22. The van der Waals surface area contributed by atoms with E-state index in [4.69, 9.17) is 12.3 Å². The van der Waals surface area contributed by atoms with Gasteiger partial charge in [-0.2, -0.15) is 13.2 Å². The Labute approximate surface area is 173 Å². The number of nitrogens with two attached hydrogens (primary N) is 1. The van der Waals surface area contributed by atoms with Gasteiger partial charge in [-0.25, -0.2) is 4.85 Å². The van der Waals surface area contributed by atoms with Crippen LogP contribution in [0.15, 0.2) is 42.5 Å². The van der Waals surface area contributed by atoms with Crippen LogP contribution in [0.1, 0.15) is 41.6 Å². The van der Waals surface area contributed by atoms with Crippen molar-refractivity contribution >= 4 is 11.5 Å². The lowest BCUT2D eigenvalue weighted by Crippen LogP contribution is -2.59. The lowest BCUT2D eigenvalue weighted by molar-refractivity contribution is -0.130. The first-order valence-corrected chi connectivity index (χ1v) is 9.89. The molecule has 1 fully saturated rings. The normalized spacial score (nSPS) is 25.9. The summed E-state index contributed by atoms with van der Waals surface area (Å²) in [5.41, 5.74) is 8.40. The number of carbonyl (C=O) groups excluding carboxylic acids is 1. The number of rotatable bonds is 3. The van der Waals surface area contributed by atoms with E-state index in [1.807, 2.05) is 30.3 Å². The average Bonchev–Trinajstić information content (AvgIpc) is 3.00. The molecule has 7 heteroatoms. The maximum absolute atomic E-state index is 13.3. The number of halogens is 3. The Morgan fingerprint density at radius 3 is 2.43 bits per heavy atom. The van der Waals surface area contributed by atoms with Crippen LogP contribution in [0.5, 0.6) is 0 Å². The quantitative estimate of drug-likeness (QED) is 0.549. The van der Waals surface area contributed by atoms with Gasteiger partial charge in [0.15, 0.2) is 11.5 Å². The highest BCUT2D eigenvalue weighted by Gasteiger charge is 2.50. The molecule has 2 aromatic rings. The molecule has 30 heavy (non-hydrogen) atoms. The molecule has 0 radical (unpaired) electrons. The Morgan fingerprint density at radius 2 is 1.77 bits per heavy atom. The van der Waals surface area contributed by atoms with Crippen molar-refractivity contribution in [1.29, 1.82) is 0 Å². The molecule has 3 N–H and O–H groups in total. The zero-order chi connectivity index (χ0) is 21.6. The summed E-state index contributed by atoms with van der Waals surface area (Å²) in [5, 5.41) is 2.44. The van der Waals surface area contributed by atoms with Gasteiger partial charge < -0.3 is 5.73 Å². The molecule has 2 aromatic carbocycles. The number of hydrogen-bond donors (Lipinski definition) is 2. The van der Waals surface area contributed by atoms with Gasteiger partial charge in [0.2, 0.25) is 0 Å². The molecule has 0 amide bonds. The highest BCUT2D eigenvalue weighted by Crippen LogP contribution is 2.49. The zero-order valence-electron chi connectivity index (χ0n) is 16.4. The fraction of sp³-hybridized carbons (Fsp3) is 0.391. The van der Waals surface area contributed by atoms with Crippen molar-refractivity contribution in [2.45, 2.75) is 43.9 Å². The number of nitrogens with zero attached hydrogens (tertiary/aromatic N) is 1. The van der Waals surface area contributed by atoms with Crippen LogP contribution in [0.25, 0.3) is 16.0 Å². The van der Waals surface area contributed by atoms with E-state index in [0.29, 0.717) is 43.4 Å². The van der Waals surface area contributed by atoms with Crippen molar-refractivity contribution in [2.75, 3.05) is 6.54 Å². The first-order valence-electron chi connectivity index (χ1n) is 9.89. The smallest absolute Gasteiger partial charge is 0.313 e. The molecule has 1 spiro atoms. The monoisotopic (exact) mass is 413 g/mol. The topological polar surface area (TPSA) is 59.5 Å². The van der Waals surface area contributed by atoms with Gasteiger partial charge >= 0.3 is 6.18 Å². The van der Waals surface area contributed by atoms with E-state index in [9.17, 15) is 18.0 Å². The van der Waals surface area contributed by atoms with Crippen LogP contribution >= 0.6 is 0 Å². The van der Waals surface area contributed by atoms with Gasteiger partial charge in [0, 0.05) is 11.0 Å². The first-order chi connectivity index (χ1) is 14.1. The number of alkyl halides is 3. The fourth-order valence-electron chi connectivity index (χ4n) is 4.64. The van der Waals surface area contributed by atoms with E-state index >= 15 is 0 Å². The van der Waals surface area contributed by atoms with Crippen LogP contribution < -0.4 is 11.1 Å². The summed E-state index contributed by atoms with van der Waals surface area (Å²) in [6.45, 7) is 6.05. The Morgan fingerprint density at radius 1 is 1.07 bits per heavy atom. The van der Waals surface area contributed by atoms with E-state index in [1.165, 1.54) is 0 Å². The maximum Gasteiger partial charge on any atom is 0.401 e. The van der Waals surface area contributed by atoms with Gasteiger partial charge in [0.25, 0.3) is 0 Å². The average molecular weight is 413 g/mol. The molecule has 0 saturated heterocycles. The third-order valence-electron chi connectivity index (χ3n) is 6.41. The van der Waals surface area contributed by atoms with Crippen molar-refractivity contribution in [2.24, 2.45) is 11.1 Å². The second-order valence-corrected chi connectivity index (χ2v) is 8.45. The summed E-state index contributed by atoms with van der Waals surface area (Å²) in [6.07, 6.45) is -2.15. The van der Waals surface area contributed by atoms with Crippen molar-refractivity contribution in [3.8, 4) is 11.1 Å². The highest BCUT2D eigenvalue weighted by molar-refractivity contribution is 6.06. The van der Waals surface area contributed by atoms with Crippen LogP contribution in [0.4, 0.5) is 18.9 Å². The lowest BCUT2D eigenvalue weighted by atomic mass is 9.68. The van der Waals surface area contributed by atoms with Gasteiger partial charge in [0.05, 0.1) is 18.8 Å². The van der Waals surface area contributed by atoms with Crippen molar-refractivity contribution in [3.05, 3.63) is 65.0 Å². The van der Waals surface area contributed by atoms with Crippen molar-refractivity contribution < 1.29 is 18.0 Å². The Hall–Kier alpha value is -2.69. The predicted octanol–water partition coefficient (Wildman–Crippen LogP) is 5.01. The molecule has 4 nitrogen and oxygen atoms in total. The molecule has 2 aliphatic carbocycles. The Bertz CT molecular complexity index is 1030. The van der Waals surface area contributed by atoms with Crippen LogP contribution in [-0.2, 0) is 6.42 Å². The minimum atomic E-state index is -4.32. The first kappa shape index (κ1) is 20.6. The molecular weight excluding hydrogens is 391 g/mol. The van der Waals surface area contributed by atoms with Gasteiger partial charge in [0.1, 0.15) is 0 Å². The van der Waals surface area contributed by atoms with E-state index in [-0.39, 0.29) is 5.78 Å². The number of benzene rings is 2. The summed E-state index contributed by atoms with van der Waals surface area (Å²) < 4.78 is 37.7. The molecule has 0 bridgehead atoms. The van der Waals surface area contributed by atoms with Crippen LogP contribution in [0.2, 0.25) is 0 Å². The molecule has 0 atom stereocenters. The van der Waals surface area contributed by atoms with Gasteiger partial charge in [-0.1, -0.05) is 30.3 Å². The molecule has 156 valence electrons. The van der Waals surface area contributed by atoms with Crippen LogP contribution in [0.3, 0.4) is 0 Å². The maximum atomic E-state index is 13.3. The number of Topliss-reactive ketones (excluding diaryl/α,β-unsaturated/α-hetero) is 1. The third-order valence-corrected chi connectivity index (χ3v) is 6.41. The van der Waals surface area contributed by atoms with E-state index in [2.05, 4.69) is 10.2 Å². The molecule has 2 aliphatic rings. The standard InChI is InChI=1S/C23H22F3N3O/c1-28-18-4-2-3-15(11-18)16-5-6-17-13-21(20(30)19(17)12-16)7-9-22(27,10-8-21)29-14-23(24,25)26/h2-6,11-12,29H,7-10,13-14,27H2. The molecule has 1 saturated carbocycles. The van der Waals surface area contributed by atoms with Crippen molar-refractivity contribution in [1.82, 2.24) is 5.32 Å². The van der Waals surface area contributed by atoms with Crippen LogP contribution in [-0.4, -0.2) is 24.2 Å². The van der Waals surface area contributed by atoms with Gasteiger partial charge in [-0.15, -0.1) is 0 Å². The minimum absolute atomic E-state index is 0.0542. The van der Waals surface area contributed by atoms with Gasteiger partial charge in [-0.3, -0.25) is 10.1 Å². The molecule has 0 aromatic heterocycles. The third kappa shape index (κ3) is 3.85. The fourth-order valence-corrected chi connectivity index (χ4v) is 4.64. The number of nitrogens with one attached hydrogen (secondary N) is 1. The van der Waals surface area contributed by atoms with Crippen LogP contribution in [0, 0.1) is 12.0 Å². The summed E-state index contributed by atoms with van der Waals surface area (Å²) >= 11 is 0. The van der Waals surface area contributed by atoms with Gasteiger partial charge in [-0.05, 0) is 60.9 Å². The molecular formula is C23H22F3N3O. The molecule has 0 aliphatic heterocycles. The van der Waals surface area contributed by atoms with E-state index < -0.39 is 23.8 Å². The molecule has 0 unspecified atom stereocenters. The number of ketones is 1. The minimum Gasteiger partial charge on any atom is -0.313 e. The number of fused-ring (bicyclic) bond motifs is 1. The Balaban J connectivity index is 1.53. The summed E-state index contributed by atoms with van der Waals surface area (Å²) in [5.74, 6) is 0.0542. The second-order valence-electron chi connectivity index (χ2n) is 8.45. The SMILES string of the molecule is [C-]#[N+]c1cccc(-c2ccc3c(c2)C(=O)C2(CCC(N)(NCC(F)(F)F)CC2)C3)c1. The number of hydrogen-bond acceptors (Lipinski definition) is 3.